The third-order valence-electron chi connectivity index (χ3n) is 4.64. The number of rotatable bonds is 7. The fourth-order valence-corrected chi connectivity index (χ4v) is 4.33. The van der Waals surface area contributed by atoms with E-state index in [2.05, 4.69) is 19.6 Å². The van der Waals surface area contributed by atoms with E-state index >= 15 is 0 Å². The number of hydrogen-bond acceptors (Lipinski definition) is 7. The van der Waals surface area contributed by atoms with E-state index in [0.717, 1.165) is 31.6 Å². The van der Waals surface area contributed by atoms with Gasteiger partial charge in [-0.15, -0.1) is 0 Å². The number of piperidine rings is 1. The van der Waals surface area contributed by atoms with Crippen molar-refractivity contribution in [3.05, 3.63) is 35.7 Å². The lowest BCUT2D eigenvalue weighted by Gasteiger charge is -2.27. The van der Waals surface area contributed by atoms with Gasteiger partial charge in [0.25, 0.3) is 0 Å². The Hall–Kier alpha value is -2.39. The van der Waals surface area contributed by atoms with Crippen LogP contribution in [0.1, 0.15) is 30.7 Å². The summed E-state index contributed by atoms with van der Waals surface area (Å²) < 4.78 is 38.5. The van der Waals surface area contributed by atoms with Gasteiger partial charge in [-0.2, -0.15) is 0 Å². The number of methoxy groups -OCH3 is 2. The minimum Gasteiger partial charge on any atom is -0.497 e. The standard InChI is InChI=1S/C19H26N4O4S/c1-14-11-15(22-19(21-14)23-9-5-4-6-10-23)13-20-28(24,25)18-8-7-16(26-2)12-17(18)27-3/h7-8,11-12,20H,4-6,9-10,13H2,1-3H3. The van der Waals surface area contributed by atoms with Gasteiger partial charge in [0.1, 0.15) is 16.4 Å². The van der Waals surface area contributed by atoms with Gasteiger partial charge in [-0.25, -0.2) is 23.1 Å². The van der Waals surface area contributed by atoms with Crippen molar-refractivity contribution in [3.8, 4) is 11.5 Å². The summed E-state index contributed by atoms with van der Waals surface area (Å²) in [6.45, 7) is 3.82. The summed E-state index contributed by atoms with van der Waals surface area (Å²) in [5.41, 5.74) is 1.44. The van der Waals surface area contributed by atoms with Gasteiger partial charge in [-0.05, 0) is 44.4 Å². The van der Waals surface area contributed by atoms with Crippen LogP contribution in [-0.2, 0) is 16.6 Å². The van der Waals surface area contributed by atoms with E-state index in [4.69, 9.17) is 9.47 Å². The van der Waals surface area contributed by atoms with Crippen molar-refractivity contribution in [1.82, 2.24) is 14.7 Å². The molecule has 1 fully saturated rings. The Morgan fingerprint density at radius 2 is 1.82 bits per heavy atom. The molecule has 1 saturated heterocycles. The summed E-state index contributed by atoms with van der Waals surface area (Å²) in [6.07, 6.45) is 3.46. The van der Waals surface area contributed by atoms with Gasteiger partial charge in [-0.1, -0.05) is 0 Å². The highest BCUT2D eigenvalue weighted by Crippen LogP contribution is 2.28. The molecule has 0 bridgehead atoms. The summed E-state index contributed by atoms with van der Waals surface area (Å²) in [5, 5.41) is 0. The Morgan fingerprint density at radius 3 is 2.50 bits per heavy atom. The van der Waals surface area contributed by atoms with E-state index < -0.39 is 10.0 Å². The number of nitrogens with one attached hydrogen (secondary N) is 1. The molecule has 9 heteroatoms. The van der Waals surface area contributed by atoms with Crippen LogP contribution in [0, 0.1) is 6.92 Å². The minimum absolute atomic E-state index is 0.0535. The molecule has 0 saturated carbocycles. The molecule has 0 aliphatic carbocycles. The second-order valence-corrected chi connectivity index (χ2v) is 8.43. The zero-order valence-electron chi connectivity index (χ0n) is 16.4. The minimum atomic E-state index is -3.78. The zero-order chi connectivity index (χ0) is 20.1. The largest absolute Gasteiger partial charge is 0.497 e. The van der Waals surface area contributed by atoms with Gasteiger partial charge in [0.2, 0.25) is 16.0 Å². The van der Waals surface area contributed by atoms with Crippen LogP contribution in [0.4, 0.5) is 5.95 Å². The van der Waals surface area contributed by atoms with E-state index in [9.17, 15) is 8.42 Å². The average Bonchev–Trinajstić information content (AvgIpc) is 2.72. The van der Waals surface area contributed by atoms with Crippen LogP contribution in [0.3, 0.4) is 0 Å². The number of benzene rings is 1. The van der Waals surface area contributed by atoms with Gasteiger partial charge >= 0.3 is 0 Å². The molecule has 0 atom stereocenters. The Labute approximate surface area is 166 Å². The Bertz CT molecular complexity index is 928. The number of hydrogen-bond donors (Lipinski definition) is 1. The topological polar surface area (TPSA) is 93.7 Å². The Kier molecular flexibility index (Phi) is 6.35. The van der Waals surface area contributed by atoms with Gasteiger partial charge in [0, 0.05) is 24.8 Å². The molecular formula is C19H26N4O4S. The van der Waals surface area contributed by atoms with Crippen LogP contribution >= 0.6 is 0 Å². The molecule has 28 heavy (non-hydrogen) atoms. The molecule has 152 valence electrons. The summed E-state index contributed by atoms with van der Waals surface area (Å²) >= 11 is 0. The van der Waals surface area contributed by atoms with E-state index in [1.54, 1.807) is 12.1 Å². The fourth-order valence-electron chi connectivity index (χ4n) is 3.19. The molecule has 2 heterocycles. The number of nitrogens with zero attached hydrogens (tertiary/aromatic N) is 3. The summed E-state index contributed by atoms with van der Waals surface area (Å²) in [4.78, 5) is 11.3. The summed E-state index contributed by atoms with van der Waals surface area (Å²) in [7, 11) is -0.846. The quantitative estimate of drug-likeness (QED) is 0.754. The van der Waals surface area contributed by atoms with Crippen LogP contribution < -0.4 is 19.1 Å². The smallest absolute Gasteiger partial charge is 0.244 e. The molecule has 1 N–H and O–H groups in total. The molecule has 0 unspecified atom stereocenters. The summed E-state index contributed by atoms with van der Waals surface area (Å²) in [5.74, 6) is 1.41. The first kappa shape index (κ1) is 20.3. The van der Waals surface area contributed by atoms with Crippen LogP contribution in [0.15, 0.2) is 29.2 Å². The van der Waals surface area contributed by atoms with Crippen molar-refractivity contribution >= 4 is 16.0 Å². The molecule has 1 aliphatic rings. The molecule has 1 aliphatic heterocycles. The average molecular weight is 407 g/mol. The van der Waals surface area contributed by atoms with Gasteiger partial charge in [0.15, 0.2) is 0 Å². The maximum absolute atomic E-state index is 12.8. The lowest BCUT2D eigenvalue weighted by Crippen LogP contribution is -2.32. The van der Waals surface area contributed by atoms with Gasteiger partial charge < -0.3 is 14.4 Å². The van der Waals surface area contributed by atoms with Gasteiger partial charge in [0.05, 0.1) is 26.5 Å². The molecule has 2 aromatic rings. The number of aromatic nitrogens is 2. The maximum Gasteiger partial charge on any atom is 0.244 e. The van der Waals surface area contributed by atoms with Crippen molar-refractivity contribution in [1.29, 1.82) is 0 Å². The number of aryl methyl sites for hydroxylation is 1. The van der Waals surface area contributed by atoms with Crippen LogP contribution in [0.25, 0.3) is 0 Å². The third-order valence-corrected chi connectivity index (χ3v) is 6.08. The first-order valence-electron chi connectivity index (χ1n) is 9.24. The van der Waals surface area contributed by atoms with Crippen LogP contribution in [-0.4, -0.2) is 45.7 Å². The highest BCUT2D eigenvalue weighted by atomic mass is 32.2. The van der Waals surface area contributed by atoms with E-state index in [1.165, 1.54) is 32.8 Å². The van der Waals surface area contributed by atoms with Crippen molar-refractivity contribution in [2.75, 3.05) is 32.2 Å². The third kappa shape index (κ3) is 4.71. The lowest BCUT2D eigenvalue weighted by molar-refractivity contribution is 0.386. The molecular weight excluding hydrogens is 380 g/mol. The predicted octanol–water partition coefficient (Wildman–Crippen LogP) is 2.27. The highest BCUT2D eigenvalue weighted by molar-refractivity contribution is 7.89. The lowest BCUT2D eigenvalue weighted by atomic mass is 10.1. The van der Waals surface area contributed by atoms with Crippen molar-refractivity contribution < 1.29 is 17.9 Å². The molecule has 8 nitrogen and oxygen atoms in total. The molecule has 1 aromatic carbocycles. The Morgan fingerprint density at radius 1 is 1.07 bits per heavy atom. The van der Waals surface area contributed by atoms with Crippen LogP contribution in [0.5, 0.6) is 11.5 Å². The second kappa shape index (κ2) is 8.74. The van der Waals surface area contributed by atoms with Crippen LogP contribution in [0.2, 0.25) is 0 Å². The SMILES string of the molecule is COc1ccc(S(=O)(=O)NCc2cc(C)nc(N3CCCCC3)n2)c(OC)c1. The Balaban J connectivity index is 1.78. The van der Waals surface area contributed by atoms with Gasteiger partial charge in [-0.3, -0.25) is 0 Å². The number of anilines is 1. The maximum atomic E-state index is 12.8. The van der Waals surface area contributed by atoms with E-state index in [1.807, 2.05) is 6.92 Å². The predicted molar refractivity (Wildman–Crippen MR) is 106 cm³/mol. The second-order valence-electron chi connectivity index (χ2n) is 6.69. The highest BCUT2D eigenvalue weighted by Gasteiger charge is 2.21. The molecule has 3 rings (SSSR count). The monoisotopic (exact) mass is 406 g/mol. The first-order valence-corrected chi connectivity index (χ1v) is 10.7. The van der Waals surface area contributed by atoms with Crippen molar-refractivity contribution in [2.45, 2.75) is 37.6 Å². The summed E-state index contributed by atoms with van der Waals surface area (Å²) in [6, 6.07) is 6.38. The zero-order valence-corrected chi connectivity index (χ0v) is 17.3. The molecule has 0 radical (unpaired) electrons. The first-order chi connectivity index (χ1) is 13.4. The number of ether oxygens (including phenoxy) is 2. The van der Waals surface area contributed by atoms with Crippen molar-refractivity contribution in [2.24, 2.45) is 0 Å². The molecule has 1 aromatic heterocycles. The molecule has 0 spiro atoms. The van der Waals surface area contributed by atoms with E-state index in [-0.39, 0.29) is 17.2 Å². The van der Waals surface area contributed by atoms with Crippen molar-refractivity contribution in [3.63, 3.8) is 0 Å². The molecule has 0 amide bonds. The van der Waals surface area contributed by atoms with E-state index in [0.29, 0.717) is 17.4 Å². The normalized spacial score (nSPS) is 14.8. The number of sulfonamides is 1. The fraction of sp³-hybridized carbons (Fsp3) is 0.474.